The van der Waals surface area contributed by atoms with Crippen molar-refractivity contribution >= 4 is 28.8 Å². The molecule has 2 aliphatic rings. The van der Waals surface area contributed by atoms with Crippen molar-refractivity contribution in [3.05, 3.63) is 59.7 Å². The molecule has 0 spiro atoms. The molecule has 5 rings (SSSR count). The van der Waals surface area contributed by atoms with E-state index in [-0.39, 0.29) is 23.4 Å². The van der Waals surface area contributed by atoms with Crippen molar-refractivity contribution in [3.8, 4) is 5.75 Å². The second-order valence-electron chi connectivity index (χ2n) is 9.06. The lowest BCUT2D eigenvalue weighted by atomic mass is 9.98. The molecule has 0 radical (unpaired) electrons. The van der Waals surface area contributed by atoms with Gasteiger partial charge in [0, 0.05) is 43.1 Å². The predicted octanol–water partition coefficient (Wildman–Crippen LogP) is 3.18. The van der Waals surface area contributed by atoms with Gasteiger partial charge in [0.05, 0.1) is 31.4 Å². The number of amides is 1. The largest absolute Gasteiger partial charge is 0.494 e. The molecular weight excluding hydrogens is 463 g/mol. The zero-order valence-electron chi connectivity index (χ0n) is 20.3. The molecule has 36 heavy (non-hydrogen) atoms. The van der Waals surface area contributed by atoms with Gasteiger partial charge in [0.2, 0.25) is 0 Å². The number of nitrogens with zero attached hydrogens (tertiary/aromatic N) is 4. The first-order chi connectivity index (χ1) is 17.5. The molecule has 0 aliphatic carbocycles. The van der Waals surface area contributed by atoms with Gasteiger partial charge in [-0.3, -0.25) is 14.7 Å². The van der Waals surface area contributed by atoms with Crippen molar-refractivity contribution in [3.63, 3.8) is 0 Å². The number of rotatable bonds is 7. The minimum Gasteiger partial charge on any atom is -0.494 e. The first kappa shape index (κ1) is 24.1. The highest BCUT2D eigenvalue weighted by Crippen LogP contribution is 2.27. The maximum atomic E-state index is 14.5. The average molecular weight is 493 g/mol. The maximum absolute atomic E-state index is 14.5. The number of carbonyl (C=O) groups is 1. The van der Waals surface area contributed by atoms with Gasteiger partial charge >= 0.3 is 0 Å². The van der Waals surface area contributed by atoms with Crippen LogP contribution in [0.25, 0.3) is 10.9 Å². The van der Waals surface area contributed by atoms with Crippen molar-refractivity contribution in [2.24, 2.45) is 4.99 Å². The standard InChI is InChI=1S/C26H29FN6O3/c1-33-15-28-14-22(33)25(16-4-6-23(35-2)19(27)11-16)32-26(34)20-5-3-17-13-29-24(12-21(17)31-20)30-18-7-9-36-10-8-18/h3-6,11-14,18,22,25H,7-10,15H2,1-2H3,(H,29,30)(H,32,34). The van der Waals surface area contributed by atoms with Gasteiger partial charge in [-0.1, -0.05) is 6.07 Å². The quantitative estimate of drug-likeness (QED) is 0.522. The molecule has 1 saturated heterocycles. The Hall–Kier alpha value is -3.63. The fraction of sp³-hybridized carbons (Fsp3) is 0.385. The van der Waals surface area contributed by atoms with Crippen LogP contribution in [0, 0.1) is 5.82 Å². The van der Waals surface area contributed by atoms with Crippen molar-refractivity contribution in [1.82, 2.24) is 20.2 Å². The topological polar surface area (TPSA) is 101 Å². The molecular formula is C26H29FN6O3. The number of methoxy groups -OCH3 is 1. The van der Waals surface area contributed by atoms with E-state index in [1.807, 2.05) is 24.1 Å². The van der Waals surface area contributed by atoms with Crippen LogP contribution >= 0.6 is 0 Å². The van der Waals surface area contributed by atoms with Gasteiger partial charge < -0.3 is 20.1 Å². The second-order valence-corrected chi connectivity index (χ2v) is 9.06. The fourth-order valence-corrected chi connectivity index (χ4v) is 4.56. The van der Waals surface area contributed by atoms with Crippen LogP contribution in [0.5, 0.6) is 5.75 Å². The van der Waals surface area contributed by atoms with Gasteiger partial charge in [-0.05, 0) is 49.7 Å². The Kier molecular flexibility index (Phi) is 7.06. The van der Waals surface area contributed by atoms with Crippen molar-refractivity contribution in [2.75, 3.05) is 39.4 Å². The summed E-state index contributed by atoms with van der Waals surface area (Å²) in [6, 6.07) is 9.58. The molecule has 3 aromatic rings. The summed E-state index contributed by atoms with van der Waals surface area (Å²) in [6.07, 6.45) is 5.36. The SMILES string of the molecule is COc1ccc(C(NC(=O)c2ccc3cnc(NC4CCOCC4)cc3n2)C2C=NCN2C)cc1F. The summed E-state index contributed by atoms with van der Waals surface area (Å²) < 4.78 is 25.0. The monoisotopic (exact) mass is 492 g/mol. The van der Waals surface area contributed by atoms with Crippen molar-refractivity contribution in [1.29, 1.82) is 0 Å². The van der Waals surface area contributed by atoms with Gasteiger partial charge in [0.25, 0.3) is 5.91 Å². The summed E-state index contributed by atoms with van der Waals surface area (Å²) >= 11 is 0. The number of carbonyl (C=O) groups excluding carboxylic acids is 1. The summed E-state index contributed by atoms with van der Waals surface area (Å²) in [7, 11) is 3.32. The van der Waals surface area contributed by atoms with Crippen LogP contribution in [0.3, 0.4) is 0 Å². The van der Waals surface area contributed by atoms with Crippen molar-refractivity contribution in [2.45, 2.75) is 31.0 Å². The first-order valence-electron chi connectivity index (χ1n) is 12.0. The first-order valence-corrected chi connectivity index (χ1v) is 12.0. The number of anilines is 1. The van der Waals surface area contributed by atoms with Crippen molar-refractivity contribution < 1.29 is 18.7 Å². The molecule has 0 bridgehead atoms. The molecule has 9 nitrogen and oxygen atoms in total. The molecule has 2 N–H and O–H groups in total. The molecule has 188 valence electrons. The van der Waals surface area contributed by atoms with E-state index >= 15 is 0 Å². The molecule has 10 heteroatoms. The van der Waals surface area contributed by atoms with Crippen LogP contribution in [-0.2, 0) is 4.74 Å². The molecule has 2 aromatic heterocycles. The summed E-state index contributed by atoms with van der Waals surface area (Å²) in [4.78, 5) is 28.7. The summed E-state index contributed by atoms with van der Waals surface area (Å²) in [5.41, 5.74) is 1.54. The van der Waals surface area contributed by atoms with Crippen LogP contribution in [-0.4, -0.2) is 73.1 Å². The van der Waals surface area contributed by atoms with Crippen LogP contribution in [0.1, 0.15) is 34.9 Å². The molecule has 1 aromatic carbocycles. The maximum Gasteiger partial charge on any atom is 0.270 e. The van der Waals surface area contributed by atoms with E-state index in [0.29, 0.717) is 23.8 Å². The number of aliphatic imine (C=N–C) groups is 1. The second kappa shape index (κ2) is 10.5. The third-order valence-electron chi connectivity index (χ3n) is 6.61. The van der Waals surface area contributed by atoms with Crippen LogP contribution in [0.2, 0.25) is 0 Å². The predicted molar refractivity (Wildman–Crippen MR) is 135 cm³/mol. The number of likely N-dealkylation sites (N-methyl/N-ethyl adjacent to an activating group) is 1. The zero-order valence-corrected chi connectivity index (χ0v) is 20.3. The normalized spacial score (nSPS) is 19.4. The van der Waals surface area contributed by atoms with Crippen LogP contribution < -0.4 is 15.4 Å². The molecule has 2 unspecified atom stereocenters. The highest BCUT2D eigenvalue weighted by molar-refractivity contribution is 5.95. The summed E-state index contributed by atoms with van der Waals surface area (Å²) in [5, 5.41) is 7.31. The lowest BCUT2D eigenvalue weighted by Crippen LogP contribution is -2.43. The Morgan fingerprint density at radius 3 is 2.78 bits per heavy atom. The van der Waals surface area contributed by atoms with Gasteiger partial charge in [0.15, 0.2) is 11.6 Å². The lowest BCUT2D eigenvalue weighted by molar-refractivity contribution is 0.0903. The zero-order chi connectivity index (χ0) is 25.1. The Labute approximate surface area is 208 Å². The van der Waals surface area contributed by atoms with E-state index in [1.54, 1.807) is 30.6 Å². The van der Waals surface area contributed by atoms with E-state index in [1.165, 1.54) is 13.2 Å². The third kappa shape index (κ3) is 5.14. The van der Waals surface area contributed by atoms with E-state index in [4.69, 9.17) is 9.47 Å². The minimum absolute atomic E-state index is 0.146. The number of ether oxygens (including phenoxy) is 2. The summed E-state index contributed by atoms with van der Waals surface area (Å²) in [5.74, 6) is 0.0115. The number of hydrogen-bond donors (Lipinski definition) is 2. The Balaban J connectivity index is 1.39. The van der Waals surface area contributed by atoms with E-state index in [2.05, 4.69) is 25.6 Å². The molecule has 2 aliphatic heterocycles. The Bertz CT molecular complexity index is 1280. The molecule has 1 amide bonds. The van der Waals surface area contributed by atoms with Crippen LogP contribution in [0.4, 0.5) is 10.2 Å². The van der Waals surface area contributed by atoms with E-state index < -0.39 is 11.9 Å². The number of fused-ring (bicyclic) bond motifs is 1. The number of pyridine rings is 2. The molecule has 0 saturated carbocycles. The lowest BCUT2D eigenvalue weighted by Gasteiger charge is -2.28. The number of nitrogens with one attached hydrogen (secondary N) is 2. The summed E-state index contributed by atoms with van der Waals surface area (Å²) in [6.45, 7) is 1.96. The Morgan fingerprint density at radius 2 is 2.06 bits per heavy atom. The molecule has 4 heterocycles. The Morgan fingerprint density at radius 1 is 1.22 bits per heavy atom. The van der Waals surface area contributed by atoms with Gasteiger partial charge in [0.1, 0.15) is 11.5 Å². The smallest absolute Gasteiger partial charge is 0.270 e. The number of aromatic nitrogens is 2. The van der Waals surface area contributed by atoms with Crippen LogP contribution in [0.15, 0.2) is 47.6 Å². The number of benzene rings is 1. The highest BCUT2D eigenvalue weighted by Gasteiger charge is 2.31. The fourth-order valence-electron chi connectivity index (χ4n) is 4.56. The number of halogens is 1. The van der Waals surface area contributed by atoms with E-state index in [9.17, 15) is 9.18 Å². The number of hydrogen-bond acceptors (Lipinski definition) is 8. The average Bonchev–Trinajstić information content (AvgIpc) is 3.32. The van der Waals surface area contributed by atoms with Gasteiger partial charge in [-0.15, -0.1) is 0 Å². The third-order valence-corrected chi connectivity index (χ3v) is 6.61. The molecule has 1 fully saturated rings. The van der Waals surface area contributed by atoms with Gasteiger partial charge in [-0.25, -0.2) is 14.4 Å². The minimum atomic E-state index is -0.533. The molecule has 2 atom stereocenters. The van der Waals surface area contributed by atoms with E-state index in [0.717, 1.165) is 37.3 Å². The highest BCUT2D eigenvalue weighted by atomic mass is 19.1. The van der Waals surface area contributed by atoms with Gasteiger partial charge in [-0.2, -0.15) is 0 Å².